The minimum atomic E-state index is -0.645. The molecule has 0 aliphatic heterocycles. The number of nitrogens with zero attached hydrogens (tertiary/aromatic N) is 2. The van der Waals surface area contributed by atoms with E-state index in [1.54, 1.807) is 0 Å². The summed E-state index contributed by atoms with van der Waals surface area (Å²) >= 11 is 1.54. The first-order valence-electron chi connectivity index (χ1n) is 6.21. The van der Waals surface area contributed by atoms with Gasteiger partial charge in [0.1, 0.15) is 11.3 Å². The SMILES string of the molecule is Cc1nc(CCNC(=O)c2cccc(N)c2[N+](=O)[O-])cs1. The predicted molar refractivity (Wildman–Crippen MR) is 80.4 cm³/mol. The lowest BCUT2D eigenvalue weighted by molar-refractivity contribution is -0.384. The smallest absolute Gasteiger partial charge is 0.304 e. The summed E-state index contributed by atoms with van der Waals surface area (Å²) in [4.78, 5) is 26.6. The molecule has 0 aliphatic rings. The zero-order valence-electron chi connectivity index (χ0n) is 11.3. The average molecular weight is 306 g/mol. The van der Waals surface area contributed by atoms with Crippen molar-refractivity contribution in [2.24, 2.45) is 0 Å². The number of nitrogen functional groups attached to an aromatic ring is 1. The molecule has 0 fully saturated rings. The van der Waals surface area contributed by atoms with Crippen molar-refractivity contribution in [3.05, 3.63) is 50.0 Å². The summed E-state index contributed by atoms with van der Waals surface area (Å²) in [6.07, 6.45) is 0.576. The van der Waals surface area contributed by atoms with Crippen LogP contribution in [0.25, 0.3) is 0 Å². The highest BCUT2D eigenvalue weighted by molar-refractivity contribution is 7.09. The van der Waals surface area contributed by atoms with Gasteiger partial charge in [-0.2, -0.15) is 0 Å². The summed E-state index contributed by atoms with van der Waals surface area (Å²) in [5.74, 6) is -0.513. The molecule has 0 saturated carbocycles. The number of carbonyl (C=O) groups is 1. The van der Waals surface area contributed by atoms with Gasteiger partial charge in [0.05, 0.1) is 15.6 Å². The zero-order chi connectivity index (χ0) is 15.4. The largest absolute Gasteiger partial charge is 0.393 e. The van der Waals surface area contributed by atoms with Crippen LogP contribution in [-0.2, 0) is 6.42 Å². The van der Waals surface area contributed by atoms with Crippen molar-refractivity contribution in [2.45, 2.75) is 13.3 Å². The Balaban J connectivity index is 2.04. The number of thiazole rings is 1. The molecule has 0 saturated heterocycles. The van der Waals surface area contributed by atoms with E-state index in [4.69, 9.17) is 5.73 Å². The molecule has 1 aromatic carbocycles. The number of anilines is 1. The fourth-order valence-corrected chi connectivity index (χ4v) is 2.52. The van der Waals surface area contributed by atoms with Crippen molar-refractivity contribution in [3.8, 4) is 0 Å². The van der Waals surface area contributed by atoms with Gasteiger partial charge in [-0.25, -0.2) is 4.98 Å². The molecule has 7 nitrogen and oxygen atoms in total. The lowest BCUT2D eigenvalue weighted by Crippen LogP contribution is -2.26. The lowest BCUT2D eigenvalue weighted by atomic mass is 10.1. The van der Waals surface area contributed by atoms with Gasteiger partial charge in [0, 0.05) is 18.3 Å². The second-order valence-corrected chi connectivity index (χ2v) is 5.43. The average Bonchev–Trinajstić information content (AvgIpc) is 2.83. The Bertz CT molecular complexity index is 684. The van der Waals surface area contributed by atoms with E-state index in [-0.39, 0.29) is 16.9 Å². The molecule has 3 N–H and O–H groups in total. The molecule has 0 atom stereocenters. The second-order valence-electron chi connectivity index (χ2n) is 4.36. The van der Waals surface area contributed by atoms with Crippen molar-refractivity contribution in [2.75, 3.05) is 12.3 Å². The van der Waals surface area contributed by atoms with Gasteiger partial charge in [0.2, 0.25) is 0 Å². The maximum Gasteiger partial charge on any atom is 0.304 e. The number of nitrogens with one attached hydrogen (secondary N) is 1. The maximum atomic E-state index is 12.0. The molecule has 21 heavy (non-hydrogen) atoms. The molecule has 0 aliphatic carbocycles. The molecular weight excluding hydrogens is 292 g/mol. The summed E-state index contributed by atoms with van der Waals surface area (Å²) in [6.45, 7) is 2.26. The van der Waals surface area contributed by atoms with Crippen LogP contribution in [-0.4, -0.2) is 22.4 Å². The van der Waals surface area contributed by atoms with Crippen LogP contribution >= 0.6 is 11.3 Å². The van der Waals surface area contributed by atoms with Crippen LogP contribution in [0.2, 0.25) is 0 Å². The molecule has 2 rings (SSSR count). The van der Waals surface area contributed by atoms with Crippen molar-refractivity contribution < 1.29 is 9.72 Å². The van der Waals surface area contributed by atoms with E-state index in [2.05, 4.69) is 10.3 Å². The summed E-state index contributed by atoms with van der Waals surface area (Å²) in [7, 11) is 0. The number of aromatic nitrogens is 1. The normalized spacial score (nSPS) is 10.3. The Morgan fingerprint density at radius 3 is 2.90 bits per heavy atom. The number of rotatable bonds is 5. The van der Waals surface area contributed by atoms with Crippen molar-refractivity contribution in [3.63, 3.8) is 0 Å². The topological polar surface area (TPSA) is 111 Å². The Morgan fingerprint density at radius 2 is 2.29 bits per heavy atom. The summed E-state index contributed by atoms with van der Waals surface area (Å²) in [5, 5.41) is 16.5. The van der Waals surface area contributed by atoms with Crippen LogP contribution in [0.1, 0.15) is 21.1 Å². The van der Waals surface area contributed by atoms with E-state index >= 15 is 0 Å². The first kappa shape index (κ1) is 14.9. The standard InChI is InChI=1S/C13H14N4O3S/c1-8-16-9(7-21-8)5-6-15-13(18)10-3-2-4-11(14)12(10)17(19)20/h2-4,7H,5-6,14H2,1H3,(H,15,18). The molecule has 8 heteroatoms. The number of amides is 1. The highest BCUT2D eigenvalue weighted by atomic mass is 32.1. The number of para-hydroxylation sites is 1. The Kier molecular flexibility index (Phi) is 4.49. The van der Waals surface area contributed by atoms with Gasteiger partial charge in [-0.05, 0) is 19.1 Å². The Labute approximate surface area is 125 Å². The number of carbonyl (C=O) groups excluding carboxylic acids is 1. The van der Waals surface area contributed by atoms with E-state index < -0.39 is 10.8 Å². The van der Waals surface area contributed by atoms with E-state index in [9.17, 15) is 14.9 Å². The van der Waals surface area contributed by atoms with Crippen LogP contribution in [0.15, 0.2) is 23.6 Å². The highest BCUT2D eigenvalue weighted by Crippen LogP contribution is 2.25. The number of aryl methyl sites for hydroxylation is 1. The van der Waals surface area contributed by atoms with E-state index in [0.717, 1.165) is 10.7 Å². The van der Waals surface area contributed by atoms with Crippen LogP contribution in [0.5, 0.6) is 0 Å². The second kappa shape index (κ2) is 6.31. The monoisotopic (exact) mass is 306 g/mol. The fourth-order valence-electron chi connectivity index (χ4n) is 1.87. The van der Waals surface area contributed by atoms with Crippen LogP contribution in [0.3, 0.4) is 0 Å². The van der Waals surface area contributed by atoms with Gasteiger partial charge in [-0.1, -0.05) is 6.07 Å². The lowest BCUT2D eigenvalue weighted by Gasteiger charge is -2.06. The number of hydrogen-bond acceptors (Lipinski definition) is 6. The number of nitro benzene ring substituents is 1. The van der Waals surface area contributed by atoms with Gasteiger partial charge in [-0.15, -0.1) is 11.3 Å². The number of nitro groups is 1. The number of hydrogen-bond donors (Lipinski definition) is 2. The summed E-state index contributed by atoms with van der Waals surface area (Å²) < 4.78 is 0. The van der Waals surface area contributed by atoms with Gasteiger partial charge in [0.25, 0.3) is 5.91 Å². The molecule has 0 unspecified atom stereocenters. The Morgan fingerprint density at radius 1 is 1.52 bits per heavy atom. The minimum Gasteiger partial charge on any atom is -0.393 e. The molecule has 1 aromatic heterocycles. The third-order valence-corrected chi connectivity index (χ3v) is 3.65. The van der Waals surface area contributed by atoms with E-state index in [0.29, 0.717) is 13.0 Å². The zero-order valence-corrected chi connectivity index (χ0v) is 12.1. The number of nitrogens with two attached hydrogens (primary N) is 1. The van der Waals surface area contributed by atoms with Crippen molar-refractivity contribution in [1.29, 1.82) is 0 Å². The molecule has 0 spiro atoms. The summed E-state index contributed by atoms with van der Waals surface area (Å²) in [5.41, 5.74) is 6.02. The quantitative estimate of drug-likeness (QED) is 0.498. The molecular formula is C13H14N4O3S. The molecule has 0 bridgehead atoms. The van der Waals surface area contributed by atoms with Gasteiger partial charge < -0.3 is 11.1 Å². The van der Waals surface area contributed by atoms with Crippen LogP contribution in [0.4, 0.5) is 11.4 Å². The summed E-state index contributed by atoms with van der Waals surface area (Å²) in [6, 6.07) is 4.30. The molecule has 0 radical (unpaired) electrons. The molecule has 110 valence electrons. The third-order valence-electron chi connectivity index (χ3n) is 2.83. The highest BCUT2D eigenvalue weighted by Gasteiger charge is 2.22. The maximum absolute atomic E-state index is 12.0. The Hall–Kier alpha value is -2.48. The van der Waals surface area contributed by atoms with E-state index in [1.807, 2.05) is 12.3 Å². The van der Waals surface area contributed by atoms with Crippen molar-refractivity contribution >= 4 is 28.6 Å². The number of benzene rings is 1. The predicted octanol–water partition coefficient (Wildman–Crippen LogP) is 1.91. The first-order chi connectivity index (χ1) is 9.99. The van der Waals surface area contributed by atoms with Gasteiger partial charge in [0.15, 0.2) is 0 Å². The molecule has 2 aromatic rings. The van der Waals surface area contributed by atoms with Crippen molar-refractivity contribution in [1.82, 2.24) is 10.3 Å². The molecule has 1 heterocycles. The van der Waals surface area contributed by atoms with Gasteiger partial charge >= 0.3 is 5.69 Å². The first-order valence-corrected chi connectivity index (χ1v) is 7.09. The van der Waals surface area contributed by atoms with E-state index in [1.165, 1.54) is 29.5 Å². The fraction of sp³-hybridized carbons (Fsp3) is 0.231. The van der Waals surface area contributed by atoms with Gasteiger partial charge in [-0.3, -0.25) is 14.9 Å². The van der Waals surface area contributed by atoms with Crippen LogP contribution < -0.4 is 11.1 Å². The molecule has 1 amide bonds. The van der Waals surface area contributed by atoms with Crippen LogP contribution in [0, 0.1) is 17.0 Å². The minimum absolute atomic E-state index is 0.0252. The third kappa shape index (κ3) is 3.54.